The first-order valence-corrected chi connectivity index (χ1v) is 13.5. The molecule has 2 N–H and O–H groups in total. The molecule has 1 aliphatic rings. The first-order chi connectivity index (χ1) is 16.7. The monoisotopic (exact) mass is 557 g/mol. The average Bonchev–Trinajstić information content (AvgIpc) is 2.85. The van der Waals surface area contributed by atoms with E-state index >= 15 is 0 Å². The largest absolute Gasteiger partial charge is 0.377 e. The summed E-state index contributed by atoms with van der Waals surface area (Å²) < 4.78 is 28.6. The zero-order valence-corrected chi connectivity index (χ0v) is 21.1. The molecule has 0 aliphatic heterocycles. The Hall–Kier alpha value is -3.24. The Bertz CT molecular complexity index is 1340. The number of hydrogen-bond acceptors (Lipinski definition) is 6. The van der Waals surface area contributed by atoms with Crippen LogP contribution >= 0.6 is 15.9 Å². The van der Waals surface area contributed by atoms with Gasteiger partial charge in [0.05, 0.1) is 9.82 Å². The predicted molar refractivity (Wildman–Crippen MR) is 138 cm³/mol. The van der Waals surface area contributed by atoms with Crippen molar-refractivity contribution in [2.45, 2.75) is 43.0 Å². The maximum absolute atomic E-state index is 12.8. The summed E-state index contributed by atoms with van der Waals surface area (Å²) in [5.41, 5.74) is 1.90. The van der Waals surface area contributed by atoms with Crippen molar-refractivity contribution in [1.29, 1.82) is 0 Å². The van der Waals surface area contributed by atoms with Crippen molar-refractivity contribution < 1.29 is 18.1 Å². The number of nitro benzene ring substituents is 1. The van der Waals surface area contributed by atoms with Gasteiger partial charge in [0, 0.05) is 22.1 Å². The van der Waals surface area contributed by atoms with Gasteiger partial charge in [0.15, 0.2) is 0 Å². The van der Waals surface area contributed by atoms with Crippen LogP contribution in [0.15, 0.2) is 76.1 Å². The molecule has 35 heavy (non-hydrogen) atoms. The first kappa shape index (κ1) is 24.9. The summed E-state index contributed by atoms with van der Waals surface area (Å²) in [5.74, 6) is -0.820. The van der Waals surface area contributed by atoms with E-state index in [1.807, 2.05) is 29.0 Å². The summed E-state index contributed by atoms with van der Waals surface area (Å²) in [5, 5.41) is 14.8. The van der Waals surface area contributed by atoms with E-state index in [4.69, 9.17) is 0 Å². The number of hydrogen-bond donors (Lipinski definition) is 2. The zero-order chi connectivity index (χ0) is 25.0. The number of carbonyl (C=O) groups excluding carboxylic acids is 1. The number of carbonyl (C=O) groups is 1. The van der Waals surface area contributed by atoms with E-state index in [2.05, 4.69) is 21.2 Å². The highest BCUT2D eigenvalue weighted by atomic mass is 79.9. The summed E-state index contributed by atoms with van der Waals surface area (Å²) in [6.45, 7) is 0. The second kappa shape index (κ2) is 10.6. The molecule has 1 amide bonds. The lowest BCUT2D eigenvalue weighted by molar-refractivity contribution is -0.384. The molecule has 0 spiro atoms. The molecule has 0 unspecified atom stereocenters. The molecule has 1 aliphatic carbocycles. The first-order valence-electron chi connectivity index (χ1n) is 11.2. The summed E-state index contributed by atoms with van der Waals surface area (Å²) in [6.07, 6.45) is 5.06. The minimum absolute atomic E-state index is 0.116. The topological polar surface area (TPSA) is 118 Å². The van der Waals surface area contributed by atoms with Gasteiger partial charge in [-0.25, -0.2) is 13.1 Å². The molecule has 182 valence electrons. The van der Waals surface area contributed by atoms with E-state index in [0.29, 0.717) is 0 Å². The molecule has 0 atom stereocenters. The van der Waals surface area contributed by atoms with E-state index in [-0.39, 0.29) is 27.9 Å². The molecule has 1 saturated carbocycles. The third-order valence-corrected chi connectivity index (χ3v) is 7.85. The van der Waals surface area contributed by atoms with Crippen LogP contribution in [0.2, 0.25) is 0 Å². The fourth-order valence-electron chi connectivity index (χ4n) is 4.11. The minimum atomic E-state index is -4.32. The number of anilines is 1. The van der Waals surface area contributed by atoms with Gasteiger partial charge in [0.1, 0.15) is 5.69 Å². The quantitative estimate of drug-likeness (QED) is 0.276. The van der Waals surface area contributed by atoms with Gasteiger partial charge in [-0.1, -0.05) is 59.5 Å². The molecular formula is C25H24BrN3O5S. The average molecular weight is 558 g/mol. The molecule has 0 radical (unpaired) electrons. The van der Waals surface area contributed by atoms with Gasteiger partial charge in [-0.2, -0.15) is 0 Å². The molecular weight excluding hydrogens is 534 g/mol. The number of halogens is 1. The van der Waals surface area contributed by atoms with Gasteiger partial charge >= 0.3 is 0 Å². The highest BCUT2D eigenvalue weighted by molar-refractivity contribution is 9.10. The molecule has 0 heterocycles. The normalized spacial score (nSPS) is 14.3. The van der Waals surface area contributed by atoms with Crippen LogP contribution in [0.3, 0.4) is 0 Å². The predicted octanol–water partition coefficient (Wildman–Crippen LogP) is 5.89. The van der Waals surface area contributed by atoms with E-state index in [1.165, 1.54) is 24.3 Å². The Morgan fingerprint density at radius 1 is 0.914 bits per heavy atom. The highest BCUT2D eigenvalue weighted by Crippen LogP contribution is 2.31. The van der Waals surface area contributed by atoms with Gasteiger partial charge in [-0.15, -0.1) is 0 Å². The van der Waals surface area contributed by atoms with Crippen LogP contribution in [0, 0.1) is 10.1 Å². The highest BCUT2D eigenvalue weighted by Gasteiger charge is 2.25. The molecule has 3 aromatic rings. The Morgan fingerprint density at radius 2 is 1.51 bits per heavy atom. The number of nitro groups is 1. The molecule has 0 aromatic heterocycles. The number of nitrogens with one attached hydrogen (secondary N) is 2. The molecule has 0 bridgehead atoms. The lowest BCUT2D eigenvalue weighted by Gasteiger charge is -2.23. The summed E-state index contributed by atoms with van der Waals surface area (Å²) >= 11 is 3.38. The van der Waals surface area contributed by atoms with E-state index in [1.54, 1.807) is 12.1 Å². The van der Waals surface area contributed by atoms with Crippen molar-refractivity contribution >= 4 is 43.2 Å². The number of amides is 1. The van der Waals surface area contributed by atoms with Crippen LogP contribution in [-0.2, 0) is 10.0 Å². The fourth-order valence-corrected chi connectivity index (χ4v) is 5.37. The molecule has 10 heteroatoms. The number of sulfonamides is 1. The lowest BCUT2D eigenvalue weighted by Crippen LogP contribution is -2.30. The number of benzene rings is 3. The van der Waals surface area contributed by atoms with Crippen LogP contribution in [0.1, 0.15) is 42.5 Å². The van der Waals surface area contributed by atoms with Crippen molar-refractivity contribution in [2.24, 2.45) is 0 Å². The molecule has 0 saturated heterocycles. The van der Waals surface area contributed by atoms with Crippen molar-refractivity contribution in [2.75, 3.05) is 5.32 Å². The molecule has 8 nitrogen and oxygen atoms in total. The summed E-state index contributed by atoms with van der Waals surface area (Å²) in [7, 11) is -4.32. The zero-order valence-electron chi connectivity index (χ0n) is 18.7. The Balaban J connectivity index is 1.50. The second-order valence-corrected chi connectivity index (χ2v) is 11.0. The van der Waals surface area contributed by atoms with Crippen molar-refractivity contribution in [3.63, 3.8) is 0 Å². The smallest absolute Gasteiger partial charge is 0.293 e. The van der Waals surface area contributed by atoms with Crippen LogP contribution in [-0.4, -0.2) is 25.3 Å². The van der Waals surface area contributed by atoms with Crippen molar-refractivity contribution in [3.05, 3.63) is 86.9 Å². The summed E-state index contributed by atoms with van der Waals surface area (Å²) in [4.78, 5) is 23.3. The number of rotatable bonds is 7. The SMILES string of the molecule is O=C(NS(=O)(=O)c1ccc(NC2CCCCC2)c([N+](=O)[O-])c1)c1ccc(-c2ccc(Br)cc2)cc1. The van der Waals surface area contributed by atoms with Crippen LogP contribution in [0.4, 0.5) is 11.4 Å². The van der Waals surface area contributed by atoms with E-state index in [9.17, 15) is 23.3 Å². The molecule has 4 rings (SSSR count). The van der Waals surface area contributed by atoms with Crippen molar-refractivity contribution in [3.8, 4) is 11.1 Å². The van der Waals surface area contributed by atoms with Gasteiger partial charge in [-0.05, 0) is 60.4 Å². The molecule has 1 fully saturated rings. The van der Waals surface area contributed by atoms with Crippen LogP contribution in [0.25, 0.3) is 11.1 Å². The van der Waals surface area contributed by atoms with Crippen LogP contribution < -0.4 is 10.0 Å². The van der Waals surface area contributed by atoms with Gasteiger partial charge in [0.25, 0.3) is 21.6 Å². The maximum Gasteiger partial charge on any atom is 0.293 e. The van der Waals surface area contributed by atoms with E-state index in [0.717, 1.165) is 53.8 Å². The van der Waals surface area contributed by atoms with E-state index < -0.39 is 20.9 Å². The second-order valence-electron chi connectivity index (χ2n) is 8.43. The third-order valence-electron chi connectivity index (χ3n) is 5.99. The Labute approximate surface area is 212 Å². The molecule has 3 aromatic carbocycles. The Morgan fingerprint density at radius 3 is 2.11 bits per heavy atom. The lowest BCUT2D eigenvalue weighted by atomic mass is 9.95. The fraction of sp³-hybridized carbons (Fsp3) is 0.240. The van der Waals surface area contributed by atoms with Gasteiger partial charge in [-0.3, -0.25) is 14.9 Å². The van der Waals surface area contributed by atoms with Gasteiger partial charge in [0.2, 0.25) is 0 Å². The van der Waals surface area contributed by atoms with Crippen LogP contribution in [0.5, 0.6) is 0 Å². The minimum Gasteiger partial charge on any atom is -0.377 e. The number of nitrogens with zero attached hydrogens (tertiary/aromatic N) is 1. The maximum atomic E-state index is 12.8. The standard InChI is InChI=1S/C25H24BrN3O5S/c26-20-12-10-18(11-13-20)17-6-8-19(9-7-17)25(30)28-35(33,34)22-14-15-23(24(16-22)29(31)32)27-21-4-2-1-3-5-21/h6-16,21,27H,1-5H2,(H,28,30). The Kier molecular flexibility index (Phi) is 7.51. The third kappa shape index (κ3) is 6.07. The van der Waals surface area contributed by atoms with Gasteiger partial charge < -0.3 is 5.32 Å². The van der Waals surface area contributed by atoms with Crippen molar-refractivity contribution in [1.82, 2.24) is 4.72 Å². The summed E-state index contributed by atoms with van der Waals surface area (Å²) in [6, 6.07) is 17.9.